The van der Waals surface area contributed by atoms with Crippen molar-refractivity contribution in [2.45, 2.75) is 6.54 Å². The lowest BCUT2D eigenvalue weighted by Gasteiger charge is -2.23. The molecule has 0 spiro atoms. The second kappa shape index (κ2) is 7.70. The first-order chi connectivity index (χ1) is 12.5. The summed E-state index contributed by atoms with van der Waals surface area (Å²) in [4.78, 5) is 25.8. The fourth-order valence-corrected chi connectivity index (χ4v) is 3.05. The van der Waals surface area contributed by atoms with E-state index in [0.29, 0.717) is 22.6 Å². The van der Waals surface area contributed by atoms with Gasteiger partial charge in [0, 0.05) is 28.7 Å². The molecule has 1 aliphatic rings. The Kier molecular flexibility index (Phi) is 5.37. The van der Waals surface area contributed by atoms with Crippen molar-refractivity contribution in [2.24, 2.45) is 0 Å². The monoisotopic (exact) mass is 418 g/mol. The summed E-state index contributed by atoms with van der Waals surface area (Å²) in [6.07, 6.45) is 1.58. The molecule has 134 valence electrons. The van der Waals surface area contributed by atoms with Gasteiger partial charge in [-0.2, -0.15) is 0 Å². The predicted octanol–water partition coefficient (Wildman–Crippen LogP) is 3.75. The molecule has 1 N–H and O–H groups in total. The van der Waals surface area contributed by atoms with E-state index in [4.69, 9.17) is 4.74 Å². The fraction of sp³-hybridized carbons (Fsp3) is 0.158. The third-order valence-corrected chi connectivity index (χ3v) is 4.36. The van der Waals surface area contributed by atoms with E-state index in [0.717, 1.165) is 4.47 Å². The van der Waals surface area contributed by atoms with Crippen molar-refractivity contribution in [1.29, 1.82) is 0 Å². The van der Waals surface area contributed by atoms with Gasteiger partial charge in [-0.05, 0) is 36.4 Å². The lowest BCUT2D eigenvalue weighted by atomic mass is 10.1. The molecule has 0 unspecified atom stereocenters. The van der Waals surface area contributed by atoms with Crippen LogP contribution in [0.5, 0.6) is 5.75 Å². The number of carbonyl (C=O) groups excluding carboxylic acids is 2. The lowest BCUT2D eigenvalue weighted by Crippen LogP contribution is -2.31. The Morgan fingerprint density at radius 2 is 2.15 bits per heavy atom. The fourth-order valence-electron chi connectivity index (χ4n) is 2.64. The number of rotatable bonds is 5. The minimum atomic E-state index is -0.388. The highest BCUT2D eigenvalue weighted by atomic mass is 79.9. The number of hydrogen-bond donors (Lipinski definition) is 1. The van der Waals surface area contributed by atoms with Crippen molar-refractivity contribution >= 4 is 33.4 Å². The number of hydrogen-bond acceptors (Lipinski definition) is 3. The van der Waals surface area contributed by atoms with Crippen LogP contribution in [-0.2, 0) is 11.3 Å². The smallest absolute Gasteiger partial charge is 0.262 e. The standard InChI is InChI=1S/C19H16BrFN2O3/c1-2-7-23(10-13-8-14(20)4-5-15(13)21)19(25)12-3-6-17-16(9-12)22-18(24)11-26-17/h2-6,8-9H,1,7,10-11H2,(H,22,24). The second-order valence-corrected chi connectivity index (χ2v) is 6.67. The van der Waals surface area contributed by atoms with Gasteiger partial charge in [-0.15, -0.1) is 6.58 Å². The summed E-state index contributed by atoms with van der Waals surface area (Å²) in [5.74, 6) is -0.455. The minimum absolute atomic E-state index is 0.0506. The molecule has 0 aliphatic carbocycles. The Labute approximate surface area is 158 Å². The number of ether oxygens (including phenoxy) is 1. The molecular weight excluding hydrogens is 403 g/mol. The van der Waals surface area contributed by atoms with E-state index < -0.39 is 0 Å². The highest BCUT2D eigenvalue weighted by molar-refractivity contribution is 9.10. The Morgan fingerprint density at radius 1 is 1.35 bits per heavy atom. The van der Waals surface area contributed by atoms with Crippen molar-refractivity contribution in [3.05, 3.63) is 70.5 Å². The van der Waals surface area contributed by atoms with Gasteiger partial charge in [0.25, 0.3) is 11.8 Å². The summed E-state index contributed by atoms with van der Waals surface area (Å²) >= 11 is 3.31. The molecule has 7 heteroatoms. The molecule has 0 fully saturated rings. The van der Waals surface area contributed by atoms with Crippen molar-refractivity contribution in [2.75, 3.05) is 18.5 Å². The summed E-state index contributed by atoms with van der Waals surface area (Å²) in [5, 5.41) is 2.67. The molecular formula is C19H16BrFN2O3. The van der Waals surface area contributed by atoms with Gasteiger partial charge in [0.2, 0.25) is 0 Å². The van der Waals surface area contributed by atoms with Gasteiger partial charge in [-0.3, -0.25) is 9.59 Å². The maximum atomic E-state index is 14.1. The molecule has 2 aromatic carbocycles. The quantitative estimate of drug-likeness (QED) is 0.752. The molecule has 2 amide bonds. The number of halogens is 2. The third-order valence-electron chi connectivity index (χ3n) is 3.87. The van der Waals surface area contributed by atoms with Gasteiger partial charge < -0.3 is 15.0 Å². The number of carbonyl (C=O) groups is 2. The molecule has 1 heterocycles. The van der Waals surface area contributed by atoms with Gasteiger partial charge in [0.1, 0.15) is 11.6 Å². The Morgan fingerprint density at radius 3 is 2.92 bits per heavy atom. The van der Waals surface area contributed by atoms with Gasteiger partial charge in [0.15, 0.2) is 6.61 Å². The van der Waals surface area contributed by atoms with Crippen LogP contribution < -0.4 is 10.1 Å². The highest BCUT2D eigenvalue weighted by Gasteiger charge is 2.21. The van der Waals surface area contributed by atoms with E-state index in [-0.39, 0.29) is 37.3 Å². The van der Waals surface area contributed by atoms with Crippen molar-refractivity contribution in [3.63, 3.8) is 0 Å². The van der Waals surface area contributed by atoms with Crippen LogP contribution in [0.3, 0.4) is 0 Å². The van der Waals surface area contributed by atoms with E-state index in [2.05, 4.69) is 27.8 Å². The average Bonchev–Trinajstić information content (AvgIpc) is 2.63. The molecule has 0 bridgehead atoms. The van der Waals surface area contributed by atoms with Crippen LogP contribution in [0.2, 0.25) is 0 Å². The molecule has 3 rings (SSSR count). The molecule has 0 saturated heterocycles. The Bertz CT molecular complexity index is 885. The van der Waals surface area contributed by atoms with Crippen molar-refractivity contribution < 1.29 is 18.7 Å². The highest BCUT2D eigenvalue weighted by Crippen LogP contribution is 2.29. The SMILES string of the molecule is C=CCN(Cc1cc(Br)ccc1F)C(=O)c1ccc2c(c1)NC(=O)CO2. The van der Waals surface area contributed by atoms with Gasteiger partial charge in [-0.1, -0.05) is 22.0 Å². The first kappa shape index (κ1) is 18.1. The zero-order valence-electron chi connectivity index (χ0n) is 13.8. The summed E-state index contributed by atoms with van der Waals surface area (Å²) in [5.41, 5.74) is 1.20. The normalized spacial score (nSPS) is 12.6. The molecule has 5 nitrogen and oxygen atoms in total. The van der Waals surface area contributed by atoms with Crippen LogP contribution in [-0.4, -0.2) is 29.9 Å². The van der Waals surface area contributed by atoms with E-state index >= 15 is 0 Å². The molecule has 0 saturated carbocycles. The first-order valence-corrected chi connectivity index (χ1v) is 8.68. The topological polar surface area (TPSA) is 58.6 Å². The van der Waals surface area contributed by atoms with Gasteiger partial charge in [-0.25, -0.2) is 4.39 Å². The number of fused-ring (bicyclic) bond motifs is 1. The number of anilines is 1. The zero-order chi connectivity index (χ0) is 18.7. The van der Waals surface area contributed by atoms with Crippen LogP contribution in [0.25, 0.3) is 0 Å². The Hall–Kier alpha value is -2.67. The summed E-state index contributed by atoms with van der Waals surface area (Å²) in [6.45, 7) is 3.96. The zero-order valence-corrected chi connectivity index (χ0v) is 15.4. The number of amides is 2. The van der Waals surface area contributed by atoms with Crippen LogP contribution in [0.1, 0.15) is 15.9 Å². The van der Waals surface area contributed by atoms with Gasteiger partial charge in [0.05, 0.1) is 5.69 Å². The average molecular weight is 419 g/mol. The summed E-state index contributed by atoms with van der Waals surface area (Å²) in [6, 6.07) is 9.40. The van der Waals surface area contributed by atoms with Crippen molar-refractivity contribution in [1.82, 2.24) is 4.90 Å². The number of benzene rings is 2. The van der Waals surface area contributed by atoms with Crippen LogP contribution in [0.15, 0.2) is 53.5 Å². The largest absolute Gasteiger partial charge is 0.482 e. The minimum Gasteiger partial charge on any atom is -0.482 e. The molecule has 0 aromatic heterocycles. The molecule has 0 radical (unpaired) electrons. The maximum absolute atomic E-state index is 14.1. The maximum Gasteiger partial charge on any atom is 0.262 e. The van der Waals surface area contributed by atoms with Crippen LogP contribution in [0, 0.1) is 5.82 Å². The molecule has 0 atom stereocenters. The molecule has 2 aromatic rings. The summed E-state index contributed by atoms with van der Waals surface area (Å²) in [7, 11) is 0. The number of nitrogens with zero attached hydrogens (tertiary/aromatic N) is 1. The molecule has 1 aliphatic heterocycles. The van der Waals surface area contributed by atoms with E-state index in [1.807, 2.05) is 0 Å². The summed E-state index contributed by atoms with van der Waals surface area (Å²) < 4.78 is 20.1. The first-order valence-electron chi connectivity index (χ1n) is 7.88. The lowest BCUT2D eigenvalue weighted by molar-refractivity contribution is -0.118. The van der Waals surface area contributed by atoms with Crippen LogP contribution in [0.4, 0.5) is 10.1 Å². The molecule has 26 heavy (non-hydrogen) atoms. The van der Waals surface area contributed by atoms with Crippen molar-refractivity contribution in [3.8, 4) is 5.75 Å². The third kappa shape index (κ3) is 3.94. The van der Waals surface area contributed by atoms with E-state index in [1.165, 1.54) is 11.0 Å². The van der Waals surface area contributed by atoms with E-state index in [1.54, 1.807) is 36.4 Å². The predicted molar refractivity (Wildman–Crippen MR) is 99.6 cm³/mol. The Balaban J connectivity index is 1.87. The van der Waals surface area contributed by atoms with Gasteiger partial charge >= 0.3 is 0 Å². The number of nitrogens with one attached hydrogen (secondary N) is 1. The van der Waals surface area contributed by atoms with Crippen LogP contribution >= 0.6 is 15.9 Å². The second-order valence-electron chi connectivity index (χ2n) is 5.76. The van der Waals surface area contributed by atoms with E-state index in [9.17, 15) is 14.0 Å².